The molecule has 0 heterocycles. The molecule has 0 saturated heterocycles. The van der Waals surface area contributed by atoms with Crippen molar-refractivity contribution in [1.82, 2.24) is 4.72 Å². The molecule has 0 rings (SSSR count). The molecule has 0 unspecified atom stereocenters. The van der Waals surface area contributed by atoms with E-state index in [9.17, 15) is 0 Å². The standard InChI is InChI=1S/C13H23NOS/c1-3-5-10-13(4-2)16-14-11-8-6-7-9-12-15/h3-5,10,14-15H,2,6-9,11-12H2,1H3/b5-3+,13-10+. The summed E-state index contributed by atoms with van der Waals surface area (Å²) >= 11 is 1.62. The van der Waals surface area contributed by atoms with Gasteiger partial charge in [0.1, 0.15) is 0 Å². The molecule has 0 atom stereocenters. The minimum Gasteiger partial charge on any atom is -0.396 e. The maximum Gasteiger partial charge on any atom is 0.0431 e. The van der Waals surface area contributed by atoms with Crippen LogP contribution in [0.2, 0.25) is 0 Å². The highest BCUT2D eigenvalue weighted by atomic mass is 32.2. The van der Waals surface area contributed by atoms with Crippen LogP contribution in [0.4, 0.5) is 0 Å². The smallest absolute Gasteiger partial charge is 0.0431 e. The van der Waals surface area contributed by atoms with Gasteiger partial charge in [0, 0.05) is 18.1 Å². The van der Waals surface area contributed by atoms with Crippen LogP contribution in [0, 0.1) is 0 Å². The number of allylic oxidation sites excluding steroid dienone is 4. The first-order valence-corrected chi connectivity index (χ1v) is 6.62. The van der Waals surface area contributed by atoms with Crippen molar-refractivity contribution in [2.75, 3.05) is 13.2 Å². The van der Waals surface area contributed by atoms with Gasteiger partial charge in [0.2, 0.25) is 0 Å². The molecule has 0 spiro atoms. The molecule has 0 aliphatic rings. The first kappa shape index (κ1) is 15.5. The Morgan fingerprint density at radius 1 is 1.31 bits per heavy atom. The lowest BCUT2D eigenvalue weighted by Gasteiger charge is -2.03. The van der Waals surface area contributed by atoms with Crippen LogP contribution >= 0.6 is 11.9 Å². The van der Waals surface area contributed by atoms with Gasteiger partial charge in [-0.2, -0.15) is 0 Å². The van der Waals surface area contributed by atoms with Gasteiger partial charge in [-0.25, -0.2) is 0 Å². The Morgan fingerprint density at radius 3 is 2.69 bits per heavy atom. The van der Waals surface area contributed by atoms with E-state index >= 15 is 0 Å². The first-order chi connectivity index (χ1) is 7.85. The van der Waals surface area contributed by atoms with Gasteiger partial charge in [0.05, 0.1) is 0 Å². The van der Waals surface area contributed by atoms with Crippen molar-refractivity contribution < 1.29 is 5.11 Å². The van der Waals surface area contributed by atoms with Gasteiger partial charge in [-0.05, 0) is 37.8 Å². The Balaban J connectivity index is 3.45. The third kappa shape index (κ3) is 10.0. The molecule has 2 N–H and O–H groups in total. The van der Waals surface area contributed by atoms with Gasteiger partial charge in [0.15, 0.2) is 0 Å². The Kier molecular flexibility index (Phi) is 12.2. The van der Waals surface area contributed by atoms with E-state index in [0.29, 0.717) is 6.61 Å². The van der Waals surface area contributed by atoms with E-state index in [4.69, 9.17) is 5.11 Å². The van der Waals surface area contributed by atoms with Crippen molar-refractivity contribution in [3.05, 3.63) is 35.8 Å². The zero-order chi connectivity index (χ0) is 12.1. The number of hydrogen-bond acceptors (Lipinski definition) is 3. The van der Waals surface area contributed by atoms with E-state index in [1.807, 2.05) is 31.2 Å². The number of hydrogen-bond donors (Lipinski definition) is 2. The monoisotopic (exact) mass is 241 g/mol. The van der Waals surface area contributed by atoms with E-state index in [1.54, 1.807) is 11.9 Å². The van der Waals surface area contributed by atoms with Crippen molar-refractivity contribution >= 4 is 11.9 Å². The predicted molar refractivity (Wildman–Crippen MR) is 74.2 cm³/mol. The second-order valence-corrected chi connectivity index (χ2v) is 4.40. The lowest BCUT2D eigenvalue weighted by atomic mass is 10.2. The average molecular weight is 241 g/mol. The Morgan fingerprint density at radius 2 is 2.06 bits per heavy atom. The fraction of sp³-hybridized carbons (Fsp3) is 0.538. The Hall–Kier alpha value is -0.510. The van der Waals surface area contributed by atoms with Gasteiger partial charge in [-0.3, -0.25) is 4.72 Å². The molecule has 16 heavy (non-hydrogen) atoms. The van der Waals surface area contributed by atoms with Crippen LogP contribution in [0.1, 0.15) is 32.6 Å². The maximum absolute atomic E-state index is 8.61. The third-order valence-electron chi connectivity index (χ3n) is 2.03. The van der Waals surface area contributed by atoms with E-state index in [2.05, 4.69) is 11.3 Å². The molecule has 92 valence electrons. The minimum absolute atomic E-state index is 0.314. The highest BCUT2D eigenvalue weighted by Gasteiger charge is 1.92. The molecular formula is C13H23NOS. The highest BCUT2D eigenvalue weighted by molar-refractivity contribution is 8.01. The van der Waals surface area contributed by atoms with Gasteiger partial charge in [-0.15, -0.1) is 0 Å². The molecule has 0 amide bonds. The summed E-state index contributed by atoms with van der Waals surface area (Å²) in [5.74, 6) is 0. The Bertz CT molecular complexity index is 224. The second kappa shape index (κ2) is 12.6. The lowest BCUT2D eigenvalue weighted by Crippen LogP contribution is -2.05. The van der Waals surface area contributed by atoms with Crippen LogP contribution in [-0.2, 0) is 0 Å². The third-order valence-corrected chi connectivity index (χ3v) is 2.92. The molecule has 0 bridgehead atoms. The van der Waals surface area contributed by atoms with E-state index in [0.717, 1.165) is 30.7 Å². The van der Waals surface area contributed by atoms with Crippen LogP contribution < -0.4 is 4.72 Å². The summed E-state index contributed by atoms with van der Waals surface area (Å²) in [6, 6.07) is 0. The summed E-state index contributed by atoms with van der Waals surface area (Å²) in [6.45, 7) is 7.07. The normalized spacial score (nSPS) is 12.2. The summed E-state index contributed by atoms with van der Waals surface area (Å²) in [4.78, 5) is 1.13. The van der Waals surface area contributed by atoms with Gasteiger partial charge in [0.25, 0.3) is 0 Å². The van der Waals surface area contributed by atoms with Crippen LogP contribution in [0.15, 0.2) is 35.8 Å². The number of unbranched alkanes of at least 4 members (excludes halogenated alkanes) is 3. The van der Waals surface area contributed by atoms with Gasteiger partial charge in [-0.1, -0.05) is 37.6 Å². The van der Waals surface area contributed by atoms with Crippen molar-refractivity contribution in [1.29, 1.82) is 0 Å². The van der Waals surface area contributed by atoms with Crippen LogP contribution in [0.25, 0.3) is 0 Å². The summed E-state index contributed by atoms with van der Waals surface area (Å²) in [6.07, 6.45) is 12.3. The fourth-order valence-corrected chi connectivity index (χ4v) is 1.77. The van der Waals surface area contributed by atoms with Crippen molar-refractivity contribution in [2.24, 2.45) is 0 Å². The molecular weight excluding hydrogens is 218 g/mol. The van der Waals surface area contributed by atoms with Crippen molar-refractivity contribution in [3.8, 4) is 0 Å². The summed E-state index contributed by atoms with van der Waals surface area (Å²) in [7, 11) is 0. The second-order valence-electron chi connectivity index (χ2n) is 3.43. The molecule has 0 aromatic rings. The van der Waals surface area contributed by atoms with Gasteiger partial charge < -0.3 is 5.11 Å². The lowest BCUT2D eigenvalue weighted by molar-refractivity contribution is 0.282. The summed E-state index contributed by atoms with van der Waals surface area (Å²) < 4.78 is 3.30. The molecule has 0 aliphatic carbocycles. The quantitative estimate of drug-likeness (QED) is 0.349. The Labute approximate surface area is 104 Å². The first-order valence-electron chi connectivity index (χ1n) is 5.81. The molecule has 2 nitrogen and oxygen atoms in total. The van der Waals surface area contributed by atoms with Gasteiger partial charge >= 0.3 is 0 Å². The topological polar surface area (TPSA) is 32.3 Å². The number of rotatable bonds is 10. The fourth-order valence-electron chi connectivity index (χ4n) is 1.13. The number of aliphatic hydroxyl groups is 1. The highest BCUT2D eigenvalue weighted by Crippen LogP contribution is 2.12. The van der Waals surface area contributed by atoms with E-state index in [1.165, 1.54) is 6.42 Å². The largest absolute Gasteiger partial charge is 0.396 e. The average Bonchev–Trinajstić information content (AvgIpc) is 2.32. The summed E-state index contributed by atoms with van der Waals surface area (Å²) in [5.41, 5.74) is 0. The van der Waals surface area contributed by atoms with Crippen molar-refractivity contribution in [3.63, 3.8) is 0 Å². The molecule has 0 fully saturated rings. The molecule has 0 aliphatic heterocycles. The van der Waals surface area contributed by atoms with Crippen LogP contribution in [0.5, 0.6) is 0 Å². The molecule has 3 heteroatoms. The zero-order valence-corrected chi connectivity index (χ0v) is 10.9. The summed E-state index contributed by atoms with van der Waals surface area (Å²) in [5, 5.41) is 8.61. The number of nitrogens with one attached hydrogen (secondary N) is 1. The molecule has 0 saturated carbocycles. The van der Waals surface area contributed by atoms with E-state index in [-0.39, 0.29) is 0 Å². The SMILES string of the molecule is C=C/C(=C\C=C\C)SNCCCCCCO. The minimum atomic E-state index is 0.314. The van der Waals surface area contributed by atoms with Crippen LogP contribution in [0.3, 0.4) is 0 Å². The van der Waals surface area contributed by atoms with E-state index < -0.39 is 0 Å². The van der Waals surface area contributed by atoms with Crippen molar-refractivity contribution in [2.45, 2.75) is 32.6 Å². The number of aliphatic hydroxyl groups excluding tert-OH is 1. The molecule has 0 aromatic heterocycles. The maximum atomic E-state index is 8.61. The molecule has 0 radical (unpaired) electrons. The predicted octanol–water partition coefficient (Wildman–Crippen LogP) is 3.42. The zero-order valence-electron chi connectivity index (χ0n) is 10.1. The molecule has 0 aromatic carbocycles. The van der Waals surface area contributed by atoms with Crippen LogP contribution in [-0.4, -0.2) is 18.3 Å².